The van der Waals surface area contributed by atoms with Gasteiger partial charge in [0.2, 0.25) is 10.0 Å². The fourth-order valence-corrected chi connectivity index (χ4v) is 3.24. The molecular weight excluding hydrogens is 439 g/mol. The molecule has 0 heterocycles. The fourth-order valence-electron chi connectivity index (χ4n) is 2.17. The quantitative estimate of drug-likeness (QED) is 0.325. The zero-order valence-corrected chi connectivity index (χ0v) is 18.2. The molecule has 0 fully saturated rings. The number of aryl methyl sites for hydroxylation is 1. The van der Waals surface area contributed by atoms with Gasteiger partial charge in [0.15, 0.2) is 5.96 Å². The van der Waals surface area contributed by atoms with Crippen LogP contribution in [0.5, 0.6) is 0 Å². The predicted octanol–water partition coefficient (Wildman–Crippen LogP) is 2.00. The first-order chi connectivity index (χ1) is 10.6. The maximum absolute atomic E-state index is 11.4. The molecule has 0 aromatic heterocycles. The van der Waals surface area contributed by atoms with Crippen molar-refractivity contribution in [1.82, 2.24) is 15.4 Å². The van der Waals surface area contributed by atoms with E-state index in [4.69, 9.17) is 0 Å². The lowest BCUT2D eigenvalue weighted by Crippen LogP contribution is -2.53. The van der Waals surface area contributed by atoms with Crippen LogP contribution in [-0.4, -0.2) is 39.3 Å². The third-order valence-corrected chi connectivity index (χ3v) is 3.93. The molecular formula is C16H29IN4O2S. The van der Waals surface area contributed by atoms with Crippen LogP contribution in [0, 0.1) is 6.92 Å². The molecule has 8 heteroatoms. The summed E-state index contributed by atoms with van der Waals surface area (Å²) in [4.78, 5) is 4.54. The van der Waals surface area contributed by atoms with E-state index in [0.717, 1.165) is 18.4 Å². The Morgan fingerprint density at radius 2 is 1.92 bits per heavy atom. The summed E-state index contributed by atoms with van der Waals surface area (Å²) < 4.78 is 25.4. The molecule has 0 aliphatic carbocycles. The minimum absolute atomic E-state index is 0. The highest BCUT2D eigenvalue weighted by atomic mass is 127. The average Bonchev–Trinajstić information content (AvgIpc) is 2.39. The second kappa shape index (κ2) is 10.2. The number of hydrogen-bond acceptors (Lipinski definition) is 3. The number of halogens is 1. The van der Waals surface area contributed by atoms with E-state index in [9.17, 15) is 8.42 Å². The Morgan fingerprint density at radius 1 is 1.25 bits per heavy atom. The molecule has 3 N–H and O–H groups in total. The van der Waals surface area contributed by atoms with Crippen molar-refractivity contribution in [3.05, 3.63) is 35.4 Å². The van der Waals surface area contributed by atoms with Crippen LogP contribution in [0.1, 0.15) is 31.9 Å². The molecule has 138 valence electrons. The minimum Gasteiger partial charge on any atom is -0.357 e. The Kier molecular flexibility index (Phi) is 9.83. The van der Waals surface area contributed by atoms with Crippen LogP contribution in [0.3, 0.4) is 0 Å². The molecule has 24 heavy (non-hydrogen) atoms. The SMILES string of the molecule is CCNC(=NCc1cccc(C)c1)NCC(C)(C)NS(C)(=O)=O.I. The second-order valence-electron chi connectivity index (χ2n) is 6.30. The van der Waals surface area contributed by atoms with E-state index in [1.807, 2.05) is 32.9 Å². The van der Waals surface area contributed by atoms with Crippen LogP contribution in [0.4, 0.5) is 0 Å². The smallest absolute Gasteiger partial charge is 0.209 e. The van der Waals surface area contributed by atoms with Crippen LogP contribution < -0.4 is 15.4 Å². The van der Waals surface area contributed by atoms with Gasteiger partial charge in [0, 0.05) is 18.6 Å². The van der Waals surface area contributed by atoms with Gasteiger partial charge in [0.1, 0.15) is 0 Å². The van der Waals surface area contributed by atoms with Gasteiger partial charge in [-0.15, -0.1) is 24.0 Å². The third-order valence-electron chi connectivity index (χ3n) is 3.01. The van der Waals surface area contributed by atoms with Gasteiger partial charge < -0.3 is 10.6 Å². The Morgan fingerprint density at radius 3 is 2.46 bits per heavy atom. The molecule has 0 spiro atoms. The second-order valence-corrected chi connectivity index (χ2v) is 8.04. The highest BCUT2D eigenvalue weighted by Gasteiger charge is 2.22. The Balaban J connectivity index is 0.00000529. The molecule has 0 atom stereocenters. The minimum atomic E-state index is -3.25. The zero-order valence-electron chi connectivity index (χ0n) is 15.0. The van der Waals surface area contributed by atoms with Gasteiger partial charge in [0.25, 0.3) is 0 Å². The summed E-state index contributed by atoms with van der Waals surface area (Å²) in [5.74, 6) is 0.664. The summed E-state index contributed by atoms with van der Waals surface area (Å²) in [7, 11) is -3.25. The third kappa shape index (κ3) is 10.1. The summed E-state index contributed by atoms with van der Waals surface area (Å²) in [5.41, 5.74) is 1.73. The molecule has 0 unspecified atom stereocenters. The van der Waals surface area contributed by atoms with Crippen molar-refractivity contribution in [3.8, 4) is 0 Å². The van der Waals surface area contributed by atoms with Crippen LogP contribution >= 0.6 is 24.0 Å². The summed E-state index contributed by atoms with van der Waals surface area (Å²) in [6.07, 6.45) is 1.16. The highest BCUT2D eigenvalue weighted by Crippen LogP contribution is 2.05. The van der Waals surface area contributed by atoms with Crippen molar-refractivity contribution >= 4 is 40.0 Å². The average molecular weight is 468 g/mol. The van der Waals surface area contributed by atoms with E-state index in [0.29, 0.717) is 19.0 Å². The van der Waals surface area contributed by atoms with E-state index in [-0.39, 0.29) is 24.0 Å². The first-order valence-corrected chi connectivity index (χ1v) is 9.57. The lowest BCUT2D eigenvalue weighted by atomic mass is 10.1. The van der Waals surface area contributed by atoms with Crippen molar-refractivity contribution in [1.29, 1.82) is 0 Å². The highest BCUT2D eigenvalue weighted by molar-refractivity contribution is 14.0. The van der Waals surface area contributed by atoms with Crippen LogP contribution in [-0.2, 0) is 16.6 Å². The summed E-state index contributed by atoms with van der Waals surface area (Å²) in [6.45, 7) is 9.42. The Labute approximate surface area is 163 Å². The largest absolute Gasteiger partial charge is 0.357 e. The van der Waals surface area contributed by atoms with Crippen molar-refractivity contribution in [2.75, 3.05) is 19.3 Å². The number of aliphatic imine (C=N–C) groups is 1. The maximum atomic E-state index is 11.4. The first kappa shape index (κ1) is 23.1. The van der Waals surface area contributed by atoms with Gasteiger partial charge in [-0.25, -0.2) is 18.1 Å². The molecule has 0 bridgehead atoms. The molecule has 6 nitrogen and oxygen atoms in total. The monoisotopic (exact) mass is 468 g/mol. The number of guanidine groups is 1. The fraction of sp³-hybridized carbons (Fsp3) is 0.562. The standard InChI is InChI=1S/C16H28N4O2S.HI/c1-6-17-15(18-11-14-9-7-8-13(2)10-14)19-12-16(3,4)20-23(5,21)22;/h7-10,20H,6,11-12H2,1-5H3,(H2,17,18,19);1H. The molecule has 0 aliphatic rings. The molecule has 1 aromatic carbocycles. The predicted molar refractivity (Wildman–Crippen MR) is 111 cm³/mol. The number of sulfonamides is 1. The van der Waals surface area contributed by atoms with E-state index in [1.165, 1.54) is 5.56 Å². The molecule has 1 aromatic rings. The van der Waals surface area contributed by atoms with Crippen molar-refractivity contribution in [2.45, 2.75) is 39.8 Å². The van der Waals surface area contributed by atoms with Crippen molar-refractivity contribution < 1.29 is 8.42 Å². The first-order valence-electron chi connectivity index (χ1n) is 7.68. The van der Waals surface area contributed by atoms with E-state index in [1.54, 1.807) is 0 Å². The Bertz CT molecular complexity index is 645. The molecule has 0 saturated carbocycles. The molecule has 0 radical (unpaired) electrons. The van der Waals surface area contributed by atoms with Gasteiger partial charge in [-0.2, -0.15) is 0 Å². The maximum Gasteiger partial charge on any atom is 0.209 e. The van der Waals surface area contributed by atoms with Gasteiger partial charge in [-0.05, 0) is 33.3 Å². The van der Waals surface area contributed by atoms with Gasteiger partial charge in [-0.3, -0.25) is 0 Å². The lowest BCUT2D eigenvalue weighted by molar-refractivity contribution is 0.446. The van der Waals surface area contributed by atoms with Gasteiger partial charge in [0.05, 0.1) is 12.8 Å². The normalized spacial score (nSPS) is 12.5. The van der Waals surface area contributed by atoms with E-state index in [2.05, 4.69) is 39.4 Å². The zero-order chi connectivity index (χ0) is 17.5. The van der Waals surface area contributed by atoms with Crippen molar-refractivity contribution in [3.63, 3.8) is 0 Å². The van der Waals surface area contributed by atoms with Crippen molar-refractivity contribution in [2.24, 2.45) is 4.99 Å². The molecule has 0 aliphatic heterocycles. The number of benzene rings is 1. The van der Waals surface area contributed by atoms with E-state index >= 15 is 0 Å². The number of rotatable bonds is 7. The number of nitrogens with one attached hydrogen (secondary N) is 3. The molecule has 1 rings (SSSR count). The number of nitrogens with zero attached hydrogens (tertiary/aromatic N) is 1. The summed E-state index contributed by atoms with van der Waals surface area (Å²) >= 11 is 0. The van der Waals surface area contributed by atoms with E-state index < -0.39 is 15.6 Å². The summed E-state index contributed by atoms with van der Waals surface area (Å²) in [5, 5.41) is 6.34. The topological polar surface area (TPSA) is 82.6 Å². The lowest BCUT2D eigenvalue weighted by Gasteiger charge is -2.26. The Hall–Kier alpha value is -0.870. The van der Waals surface area contributed by atoms with Gasteiger partial charge in [-0.1, -0.05) is 29.8 Å². The van der Waals surface area contributed by atoms with Crippen LogP contribution in [0.2, 0.25) is 0 Å². The van der Waals surface area contributed by atoms with Crippen LogP contribution in [0.25, 0.3) is 0 Å². The molecule has 0 amide bonds. The number of hydrogen-bond donors (Lipinski definition) is 3. The van der Waals surface area contributed by atoms with Gasteiger partial charge >= 0.3 is 0 Å². The summed E-state index contributed by atoms with van der Waals surface area (Å²) in [6, 6.07) is 8.20. The molecule has 0 saturated heterocycles. The van der Waals surface area contributed by atoms with Crippen LogP contribution in [0.15, 0.2) is 29.3 Å².